The van der Waals surface area contributed by atoms with Gasteiger partial charge in [-0.3, -0.25) is 0 Å². The third-order valence-corrected chi connectivity index (χ3v) is 4.90. The van der Waals surface area contributed by atoms with Crippen molar-refractivity contribution in [3.63, 3.8) is 0 Å². The van der Waals surface area contributed by atoms with Crippen LogP contribution in [0.1, 0.15) is 18.1 Å². The Morgan fingerprint density at radius 1 is 0.722 bits per heavy atom. The Bertz CT molecular complexity index is 532. The first-order chi connectivity index (χ1) is 8.77. The summed E-state index contributed by atoms with van der Waals surface area (Å²) in [4.78, 5) is 0. The van der Waals surface area contributed by atoms with Crippen LogP contribution in [0.15, 0.2) is 60.7 Å². The van der Waals surface area contributed by atoms with E-state index in [0.29, 0.717) is 0 Å². The molecule has 0 radical (unpaired) electrons. The van der Waals surface area contributed by atoms with E-state index in [1.54, 1.807) is 0 Å². The zero-order valence-electron chi connectivity index (χ0n) is 10.7. The molecule has 1 aliphatic rings. The molecule has 0 atom stereocenters. The van der Waals surface area contributed by atoms with Gasteiger partial charge in [-0.1, -0.05) is 60.7 Å². The third kappa shape index (κ3) is 1.70. The third-order valence-electron chi connectivity index (χ3n) is 3.67. The van der Waals surface area contributed by atoms with Crippen molar-refractivity contribution in [2.75, 3.05) is 6.26 Å². The summed E-state index contributed by atoms with van der Waals surface area (Å²) in [5, 5.41) is 0. The summed E-state index contributed by atoms with van der Waals surface area (Å²) in [6.45, 7) is 2.32. The Morgan fingerprint density at radius 3 is 1.44 bits per heavy atom. The zero-order valence-corrected chi connectivity index (χ0v) is 11.5. The molecule has 0 saturated heterocycles. The van der Waals surface area contributed by atoms with Gasteiger partial charge in [0.2, 0.25) is 0 Å². The van der Waals surface area contributed by atoms with E-state index in [-0.39, 0.29) is 4.75 Å². The molecule has 2 aromatic rings. The van der Waals surface area contributed by atoms with E-state index in [9.17, 15) is 0 Å². The first-order valence-electron chi connectivity index (χ1n) is 6.18. The van der Waals surface area contributed by atoms with Crippen LogP contribution < -0.4 is 0 Å². The van der Waals surface area contributed by atoms with Crippen LogP contribution in [0, 0.1) is 0 Å². The summed E-state index contributed by atoms with van der Waals surface area (Å²) in [6.07, 6.45) is 2.19. The summed E-state index contributed by atoms with van der Waals surface area (Å²) in [5.74, 6) is 0. The summed E-state index contributed by atoms with van der Waals surface area (Å²) >= 11 is 1.92. The highest BCUT2D eigenvalue weighted by atomic mass is 32.2. The highest BCUT2D eigenvalue weighted by molar-refractivity contribution is 8.01. The van der Waals surface area contributed by atoms with Gasteiger partial charge in [-0.25, -0.2) is 0 Å². The van der Waals surface area contributed by atoms with Crippen LogP contribution in [0.2, 0.25) is 0 Å². The Kier molecular flexibility index (Phi) is 2.79. The summed E-state index contributed by atoms with van der Waals surface area (Å²) in [5.41, 5.74) is 5.69. The minimum atomic E-state index is 0.183. The van der Waals surface area contributed by atoms with Crippen molar-refractivity contribution in [1.82, 2.24) is 0 Å². The van der Waals surface area contributed by atoms with Gasteiger partial charge in [0.1, 0.15) is 0 Å². The predicted molar refractivity (Wildman–Crippen MR) is 81.6 cm³/mol. The molecule has 0 unspecified atom stereocenters. The second-order valence-corrected chi connectivity index (χ2v) is 5.94. The fraction of sp³-hybridized carbons (Fsp3) is 0.176. The van der Waals surface area contributed by atoms with Crippen LogP contribution in [-0.4, -0.2) is 11.0 Å². The minimum absolute atomic E-state index is 0.183. The maximum absolute atomic E-state index is 2.32. The van der Waals surface area contributed by atoms with Gasteiger partial charge in [-0.15, -0.1) is 11.8 Å². The molecule has 2 aromatic carbocycles. The molecular weight excluding hydrogens is 236 g/mol. The van der Waals surface area contributed by atoms with Crippen molar-refractivity contribution in [2.24, 2.45) is 0 Å². The maximum Gasteiger partial charge on any atom is 0.0644 e. The van der Waals surface area contributed by atoms with Gasteiger partial charge in [-0.05, 0) is 35.5 Å². The molecule has 3 rings (SSSR count). The molecule has 90 valence electrons. The highest BCUT2D eigenvalue weighted by Crippen LogP contribution is 2.63. The van der Waals surface area contributed by atoms with E-state index in [1.165, 1.54) is 22.3 Å². The zero-order chi connectivity index (χ0) is 12.6. The van der Waals surface area contributed by atoms with E-state index >= 15 is 0 Å². The molecule has 0 aromatic heterocycles. The Hall–Kier alpha value is -1.47. The van der Waals surface area contributed by atoms with Crippen LogP contribution >= 0.6 is 11.8 Å². The van der Waals surface area contributed by atoms with E-state index in [4.69, 9.17) is 0 Å². The van der Waals surface area contributed by atoms with Crippen LogP contribution in [0.4, 0.5) is 0 Å². The Morgan fingerprint density at radius 2 is 1.11 bits per heavy atom. The molecule has 0 heterocycles. The quantitative estimate of drug-likeness (QED) is 0.760. The molecular formula is C17H16S. The first-order valence-corrected chi connectivity index (χ1v) is 7.41. The highest BCUT2D eigenvalue weighted by Gasteiger charge is 2.49. The van der Waals surface area contributed by atoms with E-state index in [2.05, 4.69) is 73.8 Å². The average Bonchev–Trinajstić information content (AvgIpc) is 3.08. The van der Waals surface area contributed by atoms with Crippen molar-refractivity contribution in [1.29, 1.82) is 0 Å². The number of thioether (sulfide) groups is 1. The van der Waals surface area contributed by atoms with Crippen LogP contribution in [0.3, 0.4) is 0 Å². The van der Waals surface area contributed by atoms with Crippen molar-refractivity contribution >= 4 is 22.9 Å². The SMILES string of the molecule is CSC1(C)C(c2ccccc2)=C1c1ccccc1. The fourth-order valence-corrected chi connectivity index (χ4v) is 3.41. The monoisotopic (exact) mass is 252 g/mol. The normalized spacial score (nSPS) is 16.8. The lowest BCUT2D eigenvalue weighted by Crippen LogP contribution is -2.02. The van der Waals surface area contributed by atoms with Gasteiger partial charge in [-0.2, -0.15) is 0 Å². The molecule has 1 aliphatic carbocycles. The molecule has 0 fully saturated rings. The standard InChI is InChI=1S/C17H16S/c1-17(18-2)15(13-9-5-3-6-10-13)16(17)14-11-7-4-8-12-14/h3-12H,1-2H3. The Balaban J connectivity index is 2.09. The molecule has 18 heavy (non-hydrogen) atoms. The Labute approximate surface area is 113 Å². The second kappa shape index (κ2) is 4.33. The van der Waals surface area contributed by atoms with Gasteiger partial charge in [0, 0.05) is 0 Å². The van der Waals surface area contributed by atoms with Gasteiger partial charge in [0.25, 0.3) is 0 Å². The molecule has 0 bridgehead atoms. The smallest absolute Gasteiger partial charge is 0.0644 e. The van der Waals surface area contributed by atoms with E-state index in [1.807, 2.05) is 11.8 Å². The first kappa shape index (κ1) is 11.6. The summed E-state index contributed by atoms with van der Waals surface area (Å²) < 4.78 is 0.183. The topological polar surface area (TPSA) is 0 Å². The fourth-order valence-electron chi connectivity index (χ4n) is 2.61. The molecule has 0 spiro atoms. The van der Waals surface area contributed by atoms with Crippen LogP contribution in [-0.2, 0) is 0 Å². The predicted octanol–water partition coefficient (Wildman–Crippen LogP) is 4.73. The summed E-state index contributed by atoms with van der Waals surface area (Å²) in [7, 11) is 0. The van der Waals surface area contributed by atoms with Crippen LogP contribution in [0.5, 0.6) is 0 Å². The van der Waals surface area contributed by atoms with Gasteiger partial charge in [0.05, 0.1) is 4.75 Å². The number of rotatable bonds is 3. The second-order valence-electron chi connectivity index (χ2n) is 4.72. The number of benzene rings is 2. The molecule has 0 nitrogen and oxygen atoms in total. The van der Waals surface area contributed by atoms with Crippen molar-refractivity contribution in [2.45, 2.75) is 11.7 Å². The lowest BCUT2D eigenvalue weighted by molar-refractivity contribution is 1.18. The lowest BCUT2D eigenvalue weighted by atomic mass is 10.1. The largest absolute Gasteiger partial charge is 0.149 e. The van der Waals surface area contributed by atoms with Crippen molar-refractivity contribution in [3.05, 3.63) is 71.8 Å². The molecule has 0 N–H and O–H groups in total. The molecule has 0 saturated carbocycles. The van der Waals surface area contributed by atoms with Gasteiger partial charge >= 0.3 is 0 Å². The molecule has 0 aliphatic heterocycles. The van der Waals surface area contributed by atoms with Crippen molar-refractivity contribution < 1.29 is 0 Å². The minimum Gasteiger partial charge on any atom is -0.149 e. The maximum atomic E-state index is 2.32. The number of hydrogen-bond acceptors (Lipinski definition) is 1. The number of hydrogen-bond donors (Lipinski definition) is 0. The van der Waals surface area contributed by atoms with Gasteiger partial charge < -0.3 is 0 Å². The van der Waals surface area contributed by atoms with E-state index in [0.717, 1.165) is 0 Å². The molecule has 1 heteroatoms. The lowest BCUT2D eigenvalue weighted by Gasteiger charge is -2.10. The van der Waals surface area contributed by atoms with Gasteiger partial charge in [0.15, 0.2) is 0 Å². The van der Waals surface area contributed by atoms with E-state index < -0.39 is 0 Å². The average molecular weight is 252 g/mol. The van der Waals surface area contributed by atoms with Crippen molar-refractivity contribution in [3.8, 4) is 0 Å². The summed E-state index contributed by atoms with van der Waals surface area (Å²) in [6, 6.07) is 21.4. The molecule has 0 amide bonds. The van der Waals surface area contributed by atoms with Crippen LogP contribution in [0.25, 0.3) is 11.1 Å².